The van der Waals surface area contributed by atoms with Crippen LogP contribution in [0.1, 0.15) is 26.2 Å². The topological polar surface area (TPSA) is 24.5 Å². The van der Waals surface area contributed by atoms with Gasteiger partial charge < -0.3 is 15.0 Å². The fraction of sp³-hybridized carbons (Fsp3) is 0.857. The molecule has 0 amide bonds. The standard InChI is InChI=1S/C14H28N2O/c1-4-5-11-17-12-8-15-13(2)14-6-9-16(3)10-7-14/h4,13-15H,1,5-12H2,2-3H3. The molecule has 1 fully saturated rings. The van der Waals surface area contributed by atoms with Crippen LogP contribution in [-0.2, 0) is 4.74 Å². The largest absolute Gasteiger partial charge is 0.380 e. The summed E-state index contributed by atoms with van der Waals surface area (Å²) in [4.78, 5) is 2.42. The van der Waals surface area contributed by atoms with Gasteiger partial charge in [0.1, 0.15) is 0 Å². The molecule has 1 rings (SSSR count). The third-order valence-electron chi connectivity index (χ3n) is 3.65. The summed E-state index contributed by atoms with van der Waals surface area (Å²) in [5, 5.41) is 3.57. The Bertz CT molecular complexity index is 200. The number of hydrogen-bond donors (Lipinski definition) is 1. The minimum Gasteiger partial charge on any atom is -0.380 e. The zero-order valence-electron chi connectivity index (χ0n) is 11.5. The van der Waals surface area contributed by atoms with Crippen molar-refractivity contribution in [2.45, 2.75) is 32.2 Å². The highest BCUT2D eigenvalue weighted by molar-refractivity contribution is 4.78. The predicted octanol–water partition coefficient (Wildman–Crippen LogP) is 1.90. The molecule has 1 atom stereocenters. The van der Waals surface area contributed by atoms with Crippen LogP contribution in [0.2, 0.25) is 0 Å². The fourth-order valence-corrected chi connectivity index (χ4v) is 2.32. The van der Waals surface area contributed by atoms with Crippen molar-refractivity contribution in [2.24, 2.45) is 5.92 Å². The van der Waals surface area contributed by atoms with E-state index in [1.165, 1.54) is 25.9 Å². The summed E-state index contributed by atoms with van der Waals surface area (Å²) in [6.45, 7) is 11.0. The van der Waals surface area contributed by atoms with Gasteiger partial charge in [-0.15, -0.1) is 6.58 Å². The second-order valence-corrected chi connectivity index (χ2v) is 5.07. The highest BCUT2D eigenvalue weighted by atomic mass is 16.5. The number of nitrogens with zero attached hydrogens (tertiary/aromatic N) is 1. The molecule has 100 valence electrons. The summed E-state index contributed by atoms with van der Waals surface area (Å²) in [5.74, 6) is 0.833. The second-order valence-electron chi connectivity index (χ2n) is 5.07. The molecular formula is C14H28N2O. The lowest BCUT2D eigenvalue weighted by molar-refractivity contribution is 0.131. The maximum Gasteiger partial charge on any atom is 0.0591 e. The Morgan fingerprint density at radius 1 is 1.41 bits per heavy atom. The maximum atomic E-state index is 5.49. The Morgan fingerprint density at radius 2 is 2.12 bits per heavy atom. The van der Waals surface area contributed by atoms with Crippen LogP contribution >= 0.6 is 0 Å². The monoisotopic (exact) mass is 240 g/mol. The molecule has 1 N–H and O–H groups in total. The van der Waals surface area contributed by atoms with Crippen molar-refractivity contribution in [1.29, 1.82) is 0 Å². The molecule has 0 aromatic heterocycles. The summed E-state index contributed by atoms with van der Waals surface area (Å²) in [6, 6.07) is 0.617. The van der Waals surface area contributed by atoms with Crippen molar-refractivity contribution in [3.8, 4) is 0 Å². The van der Waals surface area contributed by atoms with Crippen molar-refractivity contribution in [2.75, 3.05) is 39.9 Å². The van der Waals surface area contributed by atoms with E-state index in [4.69, 9.17) is 4.74 Å². The van der Waals surface area contributed by atoms with Gasteiger partial charge in [-0.05, 0) is 52.2 Å². The van der Waals surface area contributed by atoms with Crippen molar-refractivity contribution in [3.63, 3.8) is 0 Å². The highest BCUT2D eigenvalue weighted by Gasteiger charge is 2.21. The van der Waals surface area contributed by atoms with Crippen molar-refractivity contribution in [1.82, 2.24) is 10.2 Å². The lowest BCUT2D eigenvalue weighted by atomic mass is 9.90. The van der Waals surface area contributed by atoms with Crippen LogP contribution in [0.4, 0.5) is 0 Å². The van der Waals surface area contributed by atoms with Crippen LogP contribution in [0.5, 0.6) is 0 Å². The molecule has 17 heavy (non-hydrogen) atoms. The number of piperidine rings is 1. The quantitative estimate of drug-likeness (QED) is 0.518. The van der Waals surface area contributed by atoms with Crippen molar-refractivity contribution >= 4 is 0 Å². The number of ether oxygens (including phenoxy) is 1. The summed E-state index contributed by atoms with van der Waals surface area (Å²) < 4.78 is 5.49. The third kappa shape index (κ3) is 6.20. The van der Waals surface area contributed by atoms with E-state index in [0.29, 0.717) is 6.04 Å². The van der Waals surface area contributed by atoms with Gasteiger partial charge in [0.25, 0.3) is 0 Å². The molecule has 1 unspecified atom stereocenters. The number of nitrogens with one attached hydrogen (secondary N) is 1. The van der Waals surface area contributed by atoms with Gasteiger partial charge >= 0.3 is 0 Å². The second kappa shape index (κ2) is 8.67. The van der Waals surface area contributed by atoms with Crippen LogP contribution in [0.15, 0.2) is 12.7 Å². The summed E-state index contributed by atoms with van der Waals surface area (Å²) >= 11 is 0. The zero-order valence-corrected chi connectivity index (χ0v) is 11.5. The number of rotatable bonds is 8. The maximum absolute atomic E-state index is 5.49. The smallest absolute Gasteiger partial charge is 0.0591 e. The Balaban J connectivity index is 2.00. The molecule has 3 heteroatoms. The molecule has 1 saturated heterocycles. The van der Waals surface area contributed by atoms with Crippen molar-refractivity contribution < 1.29 is 4.74 Å². The third-order valence-corrected chi connectivity index (χ3v) is 3.65. The van der Waals surface area contributed by atoms with Gasteiger partial charge in [0.05, 0.1) is 13.2 Å². The molecule has 0 spiro atoms. The van der Waals surface area contributed by atoms with Crippen molar-refractivity contribution in [3.05, 3.63) is 12.7 Å². The Labute approximate surface area is 106 Å². The van der Waals surface area contributed by atoms with E-state index in [2.05, 4.69) is 30.8 Å². The first-order valence-electron chi connectivity index (χ1n) is 6.84. The van der Waals surface area contributed by atoms with Gasteiger partial charge in [0.15, 0.2) is 0 Å². The van der Waals surface area contributed by atoms with Gasteiger partial charge in [-0.2, -0.15) is 0 Å². The minimum absolute atomic E-state index is 0.617. The van der Waals surface area contributed by atoms with E-state index in [0.717, 1.165) is 32.1 Å². The predicted molar refractivity (Wildman–Crippen MR) is 73.3 cm³/mol. The first kappa shape index (κ1) is 14.7. The molecule has 1 aliphatic rings. The molecule has 3 nitrogen and oxygen atoms in total. The first-order chi connectivity index (χ1) is 8.24. The molecule has 0 saturated carbocycles. The Morgan fingerprint density at radius 3 is 2.76 bits per heavy atom. The van der Waals surface area contributed by atoms with Crippen LogP contribution in [0, 0.1) is 5.92 Å². The van der Waals surface area contributed by atoms with E-state index in [9.17, 15) is 0 Å². The Kier molecular flexibility index (Phi) is 7.49. The molecule has 0 aromatic carbocycles. The zero-order chi connectivity index (χ0) is 12.5. The van der Waals surface area contributed by atoms with Gasteiger partial charge in [-0.25, -0.2) is 0 Å². The average molecular weight is 240 g/mol. The fourth-order valence-electron chi connectivity index (χ4n) is 2.32. The highest BCUT2D eigenvalue weighted by Crippen LogP contribution is 2.19. The molecule has 0 radical (unpaired) electrons. The molecule has 0 aromatic rings. The van der Waals surface area contributed by atoms with E-state index in [1.807, 2.05) is 6.08 Å². The SMILES string of the molecule is C=CCCOCCNC(C)C1CCN(C)CC1. The number of likely N-dealkylation sites (tertiary alicyclic amines) is 1. The minimum atomic E-state index is 0.617. The van der Waals surface area contributed by atoms with Gasteiger partial charge in [0.2, 0.25) is 0 Å². The van der Waals surface area contributed by atoms with Gasteiger partial charge in [-0.3, -0.25) is 0 Å². The Hall–Kier alpha value is -0.380. The summed E-state index contributed by atoms with van der Waals surface area (Å²) in [5.41, 5.74) is 0. The molecule has 0 aliphatic carbocycles. The van der Waals surface area contributed by atoms with Crippen LogP contribution in [0.25, 0.3) is 0 Å². The summed E-state index contributed by atoms with van der Waals surface area (Å²) in [6.07, 6.45) is 5.49. The number of hydrogen-bond acceptors (Lipinski definition) is 3. The van der Waals surface area contributed by atoms with E-state index >= 15 is 0 Å². The van der Waals surface area contributed by atoms with Crippen LogP contribution < -0.4 is 5.32 Å². The molecule has 0 bridgehead atoms. The lowest BCUT2D eigenvalue weighted by Gasteiger charge is -2.33. The van der Waals surface area contributed by atoms with Gasteiger partial charge in [0, 0.05) is 12.6 Å². The normalized spacial score (nSPS) is 20.4. The molecule has 1 heterocycles. The van der Waals surface area contributed by atoms with E-state index in [-0.39, 0.29) is 0 Å². The van der Waals surface area contributed by atoms with E-state index < -0.39 is 0 Å². The average Bonchev–Trinajstić information content (AvgIpc) is 2.34. The summed E-state index contributed by atoms with van der Waals surface area (Å²) in [7, 11) is 2.21. The molecular weight excluding hydrogens is 212 g/mol. The van der Waals surface area contributed by atoms with Crippen LogP contribution in [-0.4, -0.2) is 50.8 Å². The van der Waals surface area contributed by atoms with E-state index in [1.54, 1.807) is 0 Å². The molecule has 1 aliphatic heterocycles. The van der Waals surface area contributed by atoms with Crippen LogP contribution in [0.3, 0.4) is 0 Å². The lowest BCUT2D eigenvalue weighted by Crippen LogP contribution is -2.41. The van der Waals surface area contributed by atoms with Gasteiger partial charge in [-0.1, -0.05) is 6.08 Å². The first-order valence-corrected chi connectivity index (χ1v) is 6.84.